The fraction of sp³-hybridized carbons (Fsp3) is 0.917. The normalized spacial score (nSPS) is 23.2. The number of nitrogens with zero attached hydrogens (tertiary/aromatic N) is 1. The standard InChI is InChI=1S/C12H21NO4/c1-15-8-2-3-11(14)13-6-4-12(5-7-13)16-9-10-17-12/h2-10H2,1H3. The number of hydrogen-bond donors (Lipinski definition) is 0. The van der Waals surface area contributed by atoms with Gasteiger partial charge >= 0.3 is 0 Å². The lowest BCUT2D eigenvalue weighted by Crippen LogP contribution is -2.47. The molecule has 2 aliphatic rings. The maximum Gasteiger partial charge on any atom is 0.222 e. The summed E-state index contributed by atoms with van der Waals surface area (Å²) in [5, 5.41) is 0. The maximum absolute atomic E-state index is 11.9. The van der Waals surface area contributed by atoms with Crippen LogP contribution in [0.3, 0.4) is 0 Å². The Kier molecular flexibility index (Phi) is 4.36. The molecule has 2 heterocycles. The fourth-order valence-corrected chi connectivity index (χ4v) is 2.41. The lowest BCUT2D eigenvalue weighted by atomic mass is 10.0. The Morgan fingerprint density at radius 2 is 1.94 bits per heavy atom. The topological polar surface area (TPSA) is 48.0 Å². The zero-order valence-electron chi connectivity index (χ0n) is 10.4. The Labute approximate surface area is 102 Å². The van der Waals surface area contributed by atoms with Crippen LogP contribution in [-0.2, 0) is 19.0 Å². The molecule has 0 atom stereocenters. The van der Waals surface area contributed by atoms with Gasteiger partial charge in [-0.3, -0.25) is 4.79 Å². The minimum absolute atomic E-state index is 0.217. The third-order valence-electron chi connectivity index (χ3n) is 3.43. The van der Waals surface area contributed by atoms with Crippen molar-refractivity contribution in [3.8, 4) is 0 Å². The van der Waals surface area contributed by atoms with Crippen LogP contribution in [0.15, 0.2) is 0 Å². The summed E-state index contributed by atoms with van der Waals surface area (Å²) >= 11 is 0. The van der Waals surface area contributed by atoms with Gasteiger partial charge in [-0.2, -0.15) is 0 Å². The number of methoxy groups -OCH3 is 1. The van der Waals surface area contributed by atoms with Gasteiger partial charge < -0.3 is 19.1 Å². The SMILES string of the molecule is COCCCC(=O)N1CCC2(CC1)OCCO2. The van der Waals surface area contributed by atoms with Gasteiger partial charge in [0.05, 0.1) is 13.2 Å². The van der Waals surface area contributed by atoms with E-state index in [2.05, 4.69) is 0 Å². The van der Waals surface area contributed by atoms with Crippen molar-refractivity contribution in [3.05, 3.63) is 0 Å². The maximum atomic E-state index is 11.9. The van der Waals surface area contributed by atoms with Crippen molar-refractivity contribution in [1.29, 1.82) is 0 Å². The zero-order valence-corrected chi connectivity index (χ0v) is 10.4. The van der Waals surface area contributed by atoms with Crippen molar-refractivity contribution in [3.63, 3.8) is 0 Å². The van der Waals surface area contributed by atoms with Crippen LogP contribution in [0.1, 0.15) is 25.7 Å². The predicted octanol–water partition coefficient (Wildman–Crippen LogP) is 0.778. The Hall–Kier alpha value is -0.650. The van der Waals surface area contributed by atoms with E-state index in [4.69, 9.17) is 14.2 Å². The number of piperidine rings is 1. The van der Waals surface area contributed by atoms with Gasteiger partial charge in [-0.05, 0) is 6.42 Å². The van der Waals surface area contributed by atoms with E-state index in [-0.39, 0.29) is 11.7 Å². The molecular weight excluding hydrogens is 222 g/mol. The largest absolute Gasteiger partial charge is 0.385 e. The lowest BCUT2D eigenvalue weighted by molar-refractivity contribution is -0.187. The van der Waals surface area contributed by atoms with Crippen LogP contribution in [0.25, 0.3) is 0 Å². The predicted molar refractivity (Wildman–Crippen MR) is 61.6 cm³/mol. The van der Waals surface area contributed by atoms with Crippen molar-refractivity contribution >= 4 is 5.91 Å². The summed E-state index contributed by atoms with van der Waals surface area (Å²) in [5.41, 5.74) is 0. The van der Waals surface area contributed by atoms with E-state index in [1.54, 1.807) is 7.11 Å². The molecule has 0 unspecified atom stereocenters. The number of carbonyl (C=O) groups excluding carboxylic acids is 1. The summed E-state index contributed by atoms with van der Waals surface area (Å²) in [6, 6.07) is 0. The molecule has 2 fully saturated rings. The Bertz CT molecular complexity index is 253. The highest BCUT2D eigenvalue weighted by atomic mass is 16.7. The molecule has 0 N–H and O–H groups in total. The van der Waals surface area contributed by atoms with Crippen molar-refractivity contribution in [2.75, 3.05) is 40.0 Å². The van der Waals surface area contributed by atoms with Crippen LogP contribution in [-0.4, -0.2) is 56.6 Å². The molecule has 0 aliphatic carbocycles. The van der Waals surface area contributed by atoms with E-state index in [1.807, 2.05) is 4.90 Å². The summed E-state index contributed by atoms with van der Waals surface area (Å²) in [5.74, 6) is -0.168. The van der Waals surface area contributed by atoms with E-state index in [0.29, 0.717) is 26.2 Å². The molecule has 2 rings (SSSR count). The number of ether oxygens (including phenoxy) is 3. The first-order chi connectivity index (χ1) is 8.26. The van der Waals surface area contributed by atoms with E-state index in [9.17, 15) is 4.79 Å². The molecule has 5 heteroatoms. The van der Waals surface area contributed by atoms with Gasteiger partial charge in [-0.25, -0.2) is 0 Å². The van der Waals surface area contributed by atoms with Gasteiger partial charge in [0.25, 0.3) is 0 Å². The molecule has 0 aromatic heterocycles. The molecule has 5 nitrogen and oxygen atoms in total. The van der Waals surface area contributed by atoms with Crippen LogP contribution in [0.4, 0.5) is 0 Å². The van der Waals surface area contributed by atoms with Crippen molar-refractivity contribution < 1.29 is 19.0 Å². The molecule has 0 saturated carbocycles. The highest BCUT2D eigenvalue weighted by Gasteiger charge is 2.40. The molecule has 2 saturated heterocycles. The smallest absolute Gasteiger partial charge is 0.222 e. The number of likely N-dealkylation sites (tertiary alicyclic amines) is 1. The third kappa shape index (κ3) is 3.18. The first kappa shape index (κ1) is 12.8. The molecule has 0 aromatic rings. The molecule has 0 bridgehead atoms. The third-order valence-corrected chi connectivity index (χ3v) is 3.43. The average Bonchev–Trinajstić information content (AvgIpc) is 2.79. The van der Waals surface area contributed by atoms with Gasteiger partial charge in [0.2, 0.25) is 5.91 Å². The second-order valence-electron chi connectivity index (χ2n) is 4.58. The molecule has 1 spiro atoms. The quantitative estimate of drug-likeness (QED) is 0.685. The lowest BCUT2D eigenvalue weighted by Gasteiger charge is -2.37. The van der Waals surface area contributed by atoms with Crippen LogP contribution in [0.2, 0.25) is 0 Å². The highest BCUT2D eigenvalue weighted by molar-refractivity contribution is 5.76. The van der Waals surface area contributed by atoms with Crippen molar-refractivity contribution in [2.45, 2.75) is 31.5 Å². The van der Waals surface area contributed by atoms with E-state index < -0.39 is 0 Å². The van der Waals surface area contributed by atoms with Gasteiger partial charge in [-0.1, -0.05) is 0 Å². The molecule has 2 aliphatic heterocycles. The van der Waals surface area contributed by atoms with Gasteiger partial charge in [0.15, 0.2) is 5.79 Å². The van der Waals surface area contributed by atoms with Gasteiger partial charge in [-0.15, -0.1) is 0 Å². The summed E-state index contributed by atoms with van der Waals surface area (Å²) in [6.07, 6.45) is 2.96. The number of amides is 1. The number of hydrogen-bond acceptors (Lipinski definition) is 4. The van der Waals surface area contributed by atoms with Crippen molar-refractivity contribution in [2.24, 2.45) is 0 Å². The summed E-state index contributed by atoms with van der Waals surface area (Å²) in [6.45, 7) is 3.50. The van der Waals surface area contributed by atoms with Crippen LogP contribution in [0.5, 0.6) is 0 Å². The average molecular weight is 243 g/mol. The van der Waals surface area contributed by atoms with E-state index in [1.165, 1.54) is 0 Å². The van der Waals surface area contributed by atoms with Crippen molar-refractivity contribution in [1.82, 2.24) is 4.90 Å². The Morgan fingerprint density at radius 1 is 1.29 bits per heavy atom. The second-order valence-corrected chi connectivity index (χ2v) is 4.58. The van der Waals surface area contributed by atoms with Gasteiger partial charge in [0.1, 0.15) is 0 Å². The molecular formula is C12H21NO4. The summed E-state index contributed by atoms with van der Waals surface area (Å²) < 4.78 is 16.2. The Morgan fingerprint density at radius 3 is 2.53 bits per heavy atom. The monoisotopic (exact) mass is 243 g/mol. The van der Waals surface area contributed by atoms with E-state index >= 15 is 0 Å². The van der Waals surface area contributed by atoms with Gasteiger partial charge in [0, 0.05) is 46.1 Å². The molecule has 98 valence electrons. The highest BCUT2D eigenvalue weighted by Crippen LogP contribution is 2.31. The Balaban J connectivity index is 1.72. The van der Waals surface area contributed by atoms with E-state index in [0.717, 1.165) is 32.4 Å². The molecule has 1 amide bonds. The summed E-state index contributed by atoms with van der Waals surface area (Å²) in [7, 11) is 1.66. The van der Waals surface area contributed by atoms with Crippen LogP contribution < -0.4 is 0 Å². The molecule has 17 heavy (non-hydrogen) atoms. The van der Waals surface area contributed by atoms with Crippen LogP contribution in [0, 0.1) is 0 Å². The summed E-state index contributed by atoms with van der Waals surface area (Å²) in [4.78, 5) is 13.8. The first-order valence-electron chi connectivity index (χ1n) is 6.30. The van der Waals surface area contributed by atoms with Crippen LogP contribution >= 0.6 is 0 Å². The molecule has 0 radical (unpaired) electrons. The number of rotatable bonds is 4. The number of carbonyl (C=O) groups is 1. The zero-order chi connectivity index (χ0) is 12.1. The fourth-order valence-electron chi connectivity index (χ4n) is 2.41. The molecule has 0 aromatic carbocycles. The second kappa shape index (κ2) is 5.80. The first-order valence-corrected chi connectivity index (χ1v) is 6.30. The minimum Gasteiger partial charge on any atom is -0.385 e. The minimum atomic E-state index is -0.386.